The molecule has 0 aliphatic carbocycles. The number of ether oxygens (including phenoxy) is 2. The monoisotopic (exact) mass is 1460 g/mol. The highest BCUT2D eigenvalue weighted by Gasteiger charge is 2.34. The molecule has 1 aromatic rings. The van der Waals surface area contributed by atoms with Gasteiger partial charge in [-0.2, -0.15) is 0 Å². The summed E-state index contributed by atoms with van der Waals surface area (Å²) in [6, 6.07) is 3.27. The zero-order chi connectivity index (χ0) is 74.7. The van der Waals surface area contributed by atoms with E-state index in [1.165, 1.54) is 103 Å². The highest BCUT2D eigenvalue weighted by molar-refractivity contribution is 7.47. The molecule has 27 nitrogen and oxygen atoms in total. The van der Waals surface area contributed by atoms with Gasteiger partial charge in [-0.05, 0) is 63.4 Å². The Labute approximate surface area is 607 Å². The molecular weight excluding hydrogens is 1330 g/mol. The van der Waals surface area contributed by atoms with Crippen molar-refractivity contribution in [2.45, 2.75) is 320 Å². The van der Waals surface area contributed by atoms with Crippen molar-refractivity contribution in [3.8, 4) is 0 Å². The third-order valence-electron chi connectivity index (χ3n) is 17.7. The fourth-order valence-corrected chi connectivity index (χ4v) is 12.5. The lowest BCUT2D eigenvalue weighted by molar-refractivity contribution is -0.161. The Morgan fingerprint density at radius 1 is 0.520 bits per heavy atom. The Balaban J connectivity index is 1.76. The molecule has 28 heteroatoms. The molecule has 7 amide bonds. The summed E-state index contributed by atoms with van der Waals surface area (Å²) in [7, 11) is -4.64. The number of rotatable bonds is 60. The van der Waals surface area contributed by atoms with E-state index in [1.54, 1.807) is 30.3 Å². The van der Waals surface area contributed by atoms with Crippen molar-refractivity contribution < 1.29 is 81.0 Å². The van der Waals surface area contributed by atoms with Crippen LogP contribution in [0.3, 0.4) is 0 Å². The topological polar surface area (TPSA) is 414 Å². The first-order chi connectivity index (χ1) is 49.2. The number of carboxylic acids is 1. The number of nitrogens with zero attached hydrogens (tertiary/aromatic N) is 1. The predicted octanol–water partition coefficient (Wildman–Crippen LogP) is 9.90. The van der Waals surface area contributed by atoms with Gasteiger partial charge in [-0.1, -0.05) is 224 Å². The number of nitrogens with one attached hydrogen (secondary N) is 7. The second-order valence-electron chi connectivity index (χ2n) is 27.0. The summed E-state index contributed by atoms with van der Waals surface area (Å²) in [5.74, 6) is -7.03. The molecule has 2 rings (SSSR count). The lowest BCUT2D eigenvalue weighted by Gasteiger charge is -2.26. The first-order valence-electron chi connectivity index (χ1n) is 38.5. The molecule has 1 saturated heterocycles. The third kappa shape index (κ3) is 50.6. The van der Waals surface area contributed by atoms with Crippen LogP contribution in [0.4, 0.5) is 0 Å². The zero-order valence-electron chi connectivity index (χ0n) is 61.7. The fraction of sp³-hybridized carbons (Fsp3) is 0.770. The minimum atomic E-state index is -4.64. The summed E-state index contributed by atoms with van der Waals surface area (Å²) in [6.45, 7) is 2.97. The number of nitrogens with two attached hydrogens (primary N) is 2. The summed E-state index contributed by atoms with van der Waals surface area (Å²) < 4.78 is 34.3. The number of benzene rings is 1. The number of carbonyl (C=O) groups excluding carboxylic acids is 9. The second-order valence-corrected chi connectivity index (χ2v) is 28.4. The number of esters is 2. The van der Waals surface area contributed by atoms with Gasteiger partial charge in [-0.15, -0.1) is 0 Å². The van der Waals surface area contributed by atoms with E-state index in [9.17, 15) is 62.5 Å². The molecule has 0 spiro atoms. The van der Waals surface area contributed by atoms with E-state index < -0.39 is 105 Å². The molecule has 582 valence electrons. The summed E-state index contributed by atoms with van der Waals surface area (Å²) in [6.07, 6.45) is 34.5. The average molecular weight is 1460 g/mol. The number of amides is 7. The van der Waals surface area contributed by atoms with Crippen LogP contribution in [0, 0.1) is 0 Å². The smallest absolute Gasteiger partial charge is 0.472 e. The van der Waals surface area contributed by atoms with Gasteiger partial charge in [0, 0.05) is 51.7 Å². The van der Waals surface area contributed by atoms with Crippen LogP contribution in [0.15, 0.2) is 35.3 Å². The van der Waals surface area contributed by atoms with Crippen LogP contribution < -0.4 is 48.7 Å². The number of unbranched alkanes of at least 4 members (excludes halogenated alkanes) is 30. The van der Waals surface area contributed by atoms with Gasteiger partial charge in [-0.3, -0.25) is 62.0 Å². The summed E-state index contributed by atoms with van der Waals surface area (Å²) in [5.41, 5.74) is 11.6. The molecule has 0 saturated carbocycles. The van der Waals surface area contributed by atoms with Gasteiger partial charge in [0.15, 0.2) is 12.1 Å². The molecule has 102 heavy (non-hydrogen) atoms. The van der Waals surface area contributed by atoms with Crippen LogP contribution in [-0.2, 0) is 77.5 Å². The van der Waals surface area contributed by atoms with Gasteiger partial charge in [0.25, 0.3) is 0 Å². The quantitative estimate of drug-likeness (QED) is 0.00949. The fourth-order valence-electron chi connectivity index (χ4n) is 11.8. The Morgan fingerprint density at radius 2 is 0.961 bits per heavy atom. The number of aliphatic imine (C=N–C) groups is 1. The Bertz CT molecular complexity index is 2600. The first kappa shape index (κ1) is 91.4. The van der Waals surface area contributed by atoms with Crippen molar-refractivity contribution in [3.05, 3.63) is 35.9 Å². The maximum absolute atomic E-state index is 14.1. The molecule has 1 aliphatic rings. The highest BCUT2D eigenvalue weighted by atomic mass is 31.2. The van der Waals surface area contributed by atoms with Gasteiger partial charge < -0.3 is 68.2 Å². The van der Waals surface area contributed by atoms with Crippen LogP contribution in [0.25, 0.3) is 0 Å². The van der Waals surface area contributed by atoms with E-state index in [1.807, 2.05) is 0 Å². The molecule has 1 heterocycles. The minimum Gasteiger partial charge on any atom is -0.481 e. The number of hydrogen-bond acceptors (Lipinski definition) is 16. The van der Waals surface area contributed by atoms with Crippen molar-refractivity contribution in [3.63, 3.8) is 0 Å². The van der Waals surface area contributed by atoms with Crippen molar-refractivity contribution in [1.82, 2.24) is 37.2 Å². The minimum absolute atomic E-state index is 0.0260. The van der Waals surface area contributed by atoms with E-state index in [4.69, 9.17) is 30.0 Å². The lowest BCUT2D eigenvalue weighted by atomic mass is 10.0. The molecule has 6 unspecified atom stereocenters. The second kappa shape index (κ2) is 59.7. The predicted molar refractivity (Wildman–Crippen MR) is 393 cm³/mol. The Hall–Kier alpha value is -6.70. The molecular formula is C74H129N10O17P. The number of hydrogen-bond donors (Lipinski definition) is 11. The van der Waals surface area contributed by atoms with Gasteiger partial charge in [0.1, 0.15) is 30.8 Å². The summed E-state index contributed by atoms with van der Waals surface area (Å²) in [4.78, 5) is 145. The molecule has 1 aromatic carbocycles. The molecule has 0 bridgehead atoms. The van der Waals surface area contributed by atoms with E-state index in [2.05, 4.69) is 56.1 Å². The SMILES string of the molecule is CCCCCCCCCCCCCCC(=O)OCC(COP(=O)(O)OCCNC(=O)CCCCCCCCCCC(=O)NCCCCC1NC(=O)C(Cc2ccccc2)NC(=O)C(CC(=O)O)NC(=O)CNC(=O)C(CCCN=C(N)N)NC1=O)OC(=O)CCCCCCCCCCCCCC. The normalized spacial score (nSPS) is 16.9. The number of carbonyl (C=O) groups is 10. The highest BCUT2D eigenvalue weighted by Crippen LogP contribution is 2.43. The van der Waals surface area contributed by atoms with E-state index in [0.717, 1.165) is 77.0 Å². The molecule has 13 N–H and O–H groups in total. The molecule has 0 aromatic heterocycles. The van der Waals surface area contributed by atoms with Crippen molar-refractivity contribution in [2.75, 3.05) is 46.0 Å². The van der Waals surface area contributed by atoms with Crippen LogP contribution in [0.1, 0.15) is 289 Å². The van der Waals surface area contributed by atoms with Crippen molar-refractivity contribution in [1.29, 1.82) is 0 Å². The molecule has 1 aliphatic heterocycles. The number of phosphoric acid groups is 1. The Kier molecular flexibility index (Phi) is 53.4. The van der Waals surface area contributed by atoms with Crippen molar-refractivity contribution >= 4 is 73.0 Å². The van der Waals surface area contributed by atoms with Crippen LogP contribution in [-0.4, -0.2) is 151 Å². The summed E-state index contributed by atoms with van der Waals surface area (Å²) in [5, 5.41) is 27.9. The zero-order valence-corrected chi connectivity index (χ0v) is 62.6. The van der Waals surface area contributed by atoms with Crippen molar-refractivity contribution in [2.24, 2.45) is 16.5 Å². The van der Waals surface area contributed by atoms with Crippen LogP contribution in [0.2, 0.25) is 0 Å². The number of phosphoric ester groups is 1. The standard InChI is InChI=1S/C74H129N10O17P/c1-3-5-7-9-11-13-15-17-19-25-29-36-47-68(90)98-56-59(101-69(91)48-37-30-26-20-18-16-14-12-10-8-6-4-2)57-100-102(96,97)99-52-51-78-65(86)46-35-28-24-22-21-23-27-34-45-64(85)77-49-39-38-43-61-71(93)82-60(44-40-50-79-74(75)76)70(92)80-55-66(87)81-63(54-67(88)89)73(95)84-62(72(94)83-61)53-58-41-32-31-33-42-58/h31-33,41-42,59-63H,3-30,34-40,43-57H2,1-2H3,(H,77,85)(H,78,86)(H,80,92)(H,81,87)(H,82,93)(H,83,94)(H,84,95)(H,88,89)(H,96,97)(H4,75,76,79). The maximum atomic E-state index is 14.1. The maximum Gasteiger partial charge on any atom is 0.472 e. The van der Waals surface area contributed by atoms with E-state index in [0.29, 0.717) is 50.5 Å². The Morgan fingerprint density at radius 3 is 1.47 bits per heavy atom. The third-order valence-corrected chi connectivity index (χ3v) is 18.7. The largest absolute Gasteiger partial charge is 0.481 e. The van der Waals surface area contributed by atoms with Gasteiger partial charge in [0.05, 0.1) is 26.2 Å². The average Bonchev–Trinajstić information content (AvgIpc) is 1.28. The van der Waals surface area contributed by atoms with E-state index in [-0.39, 0.29) is 95.6 Å². The lowest BCUT2D eigenvalue weighted by Crippen LogP contribution is -2.58. The van der Waals surface area contributed by atoms with Gasteiger partial charge >= 0.3 is 25.7 Å². The molecule has 1 fully saturated rings. The first-order valence-corrected chi connectivity index (χ1v) is 40.0. The van der Waals surface area contributed by atoms with E-state index >= 15 is 0 Å². The number of guanidine groups is 1. The van der Waals surface area contributed by atoms with Gasteiger partial charge in [-0.25, -0.2) is 4.57 Å². The van der Waals surface area contributed by atoms with Crippen LogP contribution in [0.5, 0.6) is 0 Å². The molecule has 0 radical (unpaired) electrons. The number of carboxylic acid groups (broad SMARTS) is 1. The number of aliphatic carboxylic acids is 1. The molecule has 6 atom stereocenters. The van der Waals surface area contributed by atoms with Gasteiger partial charge in [0.2, 0.25) is 41.4 Å². The summed E-state index contributed by atoms with van der Waals surface area (Å²) >= 11 is 0. The van der Waals surface area contributed by atoms with Crippen LogP contribution >= 0.6 is 7.82 Å².